The number of H-pyrrole nitrogens is 1. The van der Waals surface area contributed by atoms with Gasteiger partial charge in [-0.2, -0.15) is 5.10 Å². The molecule has 0 atom stereocenters. The number of carboxylic acids is 1. The molecule has 154 valence electrons. The molecule has 0 fully saturated rings. The summed E-state index contributed by atoms with van der Waals surface area (Å²) in [6, 6.07) is 6.47. The number of carboxylic acid groups (broad SMARTS) is 1. The summed E-state index contributed by atoms with van der Waals surface area (Å²) in [6.45, 7) is 1.96. The molecule has 4 aromatic rings. The molecule has 4 rings (SSSR count). The zero-order chi connectivity index (χ0) is 21.4. The van der Waals surface area contributed by atoms with E-state index in [4.69, 9.17) is 5.11 Å². The van der Waals surface area contributed by atoms with E-state index in [1.165, 1.54) is 12.3 Å². The number of nitrogens with one attached hydrogen (secondary N) is 1. The number of benzene rings is 1. The van der Waals surface area contributed by atoms with Crippen LogP contribution < -0.4 is 5.56 Å². The fraction of sp³-hybridized carbons (Fsp3) is 0.211. The van der Waals surface area contributed by atoms with E-state index < -0.39 is 23.8 Å². The molecule has 0 spiro atoms. The van der Waals surface area contributed by atoms with Crippen LogP contribution in [0.15, 0.2) is 41.5 Å². The van der Waals surface area contributed by atoms with Crippen molar-refractivity contribution in [2.45, 2.75) is 26.4 Å². The van der Waals surface area contributed by atoms with Crippen molar-refractivity contribution in [3.8, 4) is 11.4 Å². The Morgan fingerprint density at radius 1 is 1.30 bits per heavy atom. The van der Waals surface area contributed by atoms with E-state index >= 15 is 0 Å². The third-order valence-corrected chi connectivity index (χ3v) is 4.58. The molecule has 0 aliphatic carbocycles. The van der Waals surface area contributed by atoms with Crippen molar-refractivity contribution < 1.29 is 18.7 Å². The molecule has 0 unspecified atom stereocenters. The van der Waals surface area contributed by atoms with Crippen LogP contribution in [0.25, 0.3) is 22.6 Å². The van der Waals surface area contributed by atoms with Crippen molar-refractivity contribution in [2.24, 2.45) is 0 Å². The van der Waals surface area contributed by atoms with Crippen LogP contribution in [0.3, 0.4) is 0 Å². The van der Waals surface area contributed by atoms with E-state index in [0.29, 0.717) is 12.1 Å². The topological polar surface area (TPSA) is 119 Å². The largest absolute Gasteiger partial charge is 0.478 e. The van der Waals surface area contributed by atoms with Crippen molar-refractivity contribution in [1.82, 2.24) is 29.3 Å². The molecule has 0 bridgehead atoms. The number of hydrogen-bond acceptors (Lipinski definition) is 5. The number of aromatic nitrogens is 6. The van der Waals surface area contributed by atoms with Crippen LogP contribution >= 0.6 is 0 Å². The first kappa shape index (κ1) is 19.4. The number of aromatic carboxylic acids is 1. The zero-order valence-electron chi connectivity index (χ0n) is 15.7. The van der Waals surface area contributed by atoms with Gasteiger partial charge >= 0.3 is 5.97 Å². The summed E-state index contributed by atoms with van der Waals surface area (Å²) < 4.78 is 28.9. The number of halogens is 2. The fourth-order valence-electron chi connectivity index (χ4n) is 3.17. The van der Waals surface area contributed by atoms with Crippen molar-refractivity contribution in [1.29, 1.82) is 0 Å². The van der Waals surface area contributed by atoms with Gasteiger partial charge in [-0.1, -0.05) is 12.1 Å². The van der Waals surface area contributed by atoms with Crippen molar-refractivity contribution >= 4 is 17.1 Å². The Hall–Kier alpha value is -3.89. The van der Waals surface area contributed by atoms with Gasteiger partial charge in [-0.15, -0.1) is 0 Å². The lowest BCUT2D eigenvalue weighted by molar-refractivity contribution is 0.0696. The number of aromatic amines is 1. The molecular formula is C19H16F2N6O3. The molecule has 0 aliphatic rings. The average Bonchev–Trinajstić information content (AvgIpc) is 3.35. The quantitative estimate of drug-likeness (QED) is 0.501. The fourth-order valence-corrected chi connectivity index (χ4v) is 3.17. The number of carbonyl (C=O) groups is 1. The Kier molecular flexibility index (Phi) is 4.86. The van der Waals surface area contributed by atoms with Crippen molar-refractivity contribution in [3.63, 3.8) is 0 Å². The van der Waals surface area contributed by atoms with E-state index in [1.807, 2.05) is 0 Å². The third kappa shape index (κ3) is 3.45. The number of rotatable bonds is 6. The lowest BCUT2D eigenvalue weighted by Crippen LogP contribution is -2.25. The zero-order valence-corrected chi connectivity index (χ0v) is 15.7. The summed E-state index contributed by atoms with van der Waals surface area (Å²) in [7, 11) is 0. The summed E-state index contributed by atoms with van der Waals surface area (Å²) in [5.74, 6) is -1.37. The van der Waals surface area contributed by atoms with E-state index in [9.17, 15) is 18.4 Å². The molecule has 0 aliphatic heterocycles. The van der Waals surface area contributed by atoms with Gasteiger partial charge in [0.05, 0.1) is 23.9 Å². The van der Waals surface area contributed by atoms with Crippen LogP contribution in [-0.2, 0) is 13.1 Å². The standard InChI is InChI=1S/C19H16F2N6O3/c1-2-27-17(14(20)21)25-16-13(18(27)28)23-15(24-16)12-7-22-26(9-12)8-10-4-3-5-11(6-10)19(29)30/h3-7,9,14H,2,8H2,1H3,(H,23,24)(H,29,30). The molecule has 0 radical (unpaired) electrons. The number of hydrogen-bond donors (Lipinski definition) is 2. The predicted molar refractivity (Wildman–Crippen MR) is 103 cm³/mol. The van der Waals surface area contributed by atoms with E-state index in [-0.39, 0.29) is 29.1 Å². The van der Waals surface area contributed by atoms with E-state index in [1.54, 1.807) is 36.0 Å². The van der Waals surface area contributed by atoms with Crippen LogP contribution in [0, 0.1) is 0 Å². The summed E-state index contributed by atoms with van der Waals surface area (Å²) in [4.78, 5) is 34.5. The highest BCUT2D eigenvalue weighted by Gasteiger charge is 2.20. The Balaban J connectivity index is 1.68. The summed E-state index contributed by atoms with van der Waals surface area (Å²) in [5, 5.41) is 13.3. The second-order valence-corrected chi connectivity index (χ2v) is 6.54. The molecule has 3 heterocycles. The lowest BCUT2D eigenvalue weighted by atomic mass is 10.1. The Morgan fingerprint density at radius 2 is 2.10 bits per heavy atom. The van der Waals surface area contributed by atoms with Gasteiger partial charge in [0.1, 0.15) is 5.82 Å². The Labute approximate surface area is 167 Å². The first-order valence-electron chi connectivity index (χ1n) is 9.01. The highest BCUT2D eigenvalue weighted by Crippen LogP contribution is 2.21. The van der Waals surface area contributed by atoms with E-state index in [2.05, 4.69) is 20.1 Å². The number of fused-ring (bicyclic) bond motifs is 1. The molecule has 3 aromatic heterocycles. The molecule has 0 saturated heterocycles. The minimum absolute atomic E-state index is 0.0400. The Bertz CT molecular complexity index is 1310. The lowest BCUT2D eigenvalue weighted by Gasteiger charge is -2.07. The van der Waals surface area contributed by atoms with Crippen molar-refractivity contribution in [3.05, 3.63) is 64.0 Å². The molecule has 0 amide bonds. The van der Waals surface area contributed by atoms with Gasteiger partial charge in [-0.05, 0) is 24.6 Å². The smallest absolute Gasteiger partial charge is 0.335 e. The van der Waals surface area contributed by atoms with Gasteiger partial charge in [0.2, 0.25) is 0 Å². The predicted octanol–water partition coefficient (Wildman–Crippen LogP) is 2.69. The highest BCUT2D eigenvalue weighted by molar-refractivity contribution is 5.87. The van der Waals surface area contributed by atoms with E-state index in [0.717, 1.165) is 10.1 Å². The second-order valence-electron chi connectivity index (χ2n) is 6.54. The maximum atomic E-state index is 13.2. The maximum absolute atomic E-state index is 13.2. The first-order chi connectivity index (χ1) is 14.4. The summed E-state index contributed by atoms with van der Waals surface area (Å²) >= 11 is 0. The summed E-state index contributed by atoms with van der Waals surface area (Å²) in [5.41, 5.74) is 0.779. The van der Waals surface area contributed by atoms with Crippen molar-refractivity contribution in [2.75, 3.05) is 0 Å². The van der Waals surface area contributed by atoms with Crippen LogP contribution in [0.5, 0.6) is 0 Å². The van der Waals surface area contributed by atoms with Crippen LogP contribution in [0.1, 0.15) is 35.1 Å². The monoisotopic (exact) mass is 414 g/mol. The van der Waals surface area contributed by atoms with Gasteiger partial charge in [0, 0.05) is 12.7 Å². The molecule has 2 N–H and O–H groups in total. The SMILES string of the molecule is CCn1c(C(F)F)nc2nc(-c3cnn(Cc4cccc(C(=O)O)c4)c3)[nH]c2c1=O. The third-order valence-electron chi connectivity index (χ3n) is 4.58. The maximum Gasteiger partial charge on any atom is 0.335 e. The normalized spacial score (nSPS) is 11.5. The molecule has 11 heteroatoms. The van der Waals surface area contributed by atoms with Crippen LogP contribution in [-0.4, -0.2) is 40.4 Å². The number of alkyl halides is 2. The molecule has 1 aromatic carbocycles. The van der Waals surface area contributed by atoms with Crippen LogP contribution in [0.4, 0.5) is 8.78 Å². The molecule has 30 heavy (non-hydrogen) atoms. The van der Waals surface area contributed by atoms with Gasteiger partial charge in [-0.3, -0.25) is 14.0 Å². The van der Waals surface area contributed by atoms with Gasteiger partial charge in [0.15, 0.2) is 17.0 Å². The van der Waals surface area contributed by atoms with Gasteiger partial charge in [0.25, 0.3) is 12.0 Å². The van der Waals surface area contributed by atoms with Gasteiger partial charge < -0.3 is 10.1 Å². The van der Waals surface area contributed by atoms with Crippen LogP contribution in [0.2, 0.25) is 0 Å². The molecule has 0 saturated carbocycles. The minimum atomic E-state index is -2.90. The summed E-state index contributed by atoms with van der Waals surface area (Å²) in [6.07, 6.45) is 0.259. The molecule has 9 nitrogen and oxygen atoms in total. The van der Waals surface area contributed by atoms with Gasteiger partial charge in [-0.25, -0.2) is 23.5 Å². The number of imidazole rings is 1. The second kappa shape index (κ2) is 7.50. The molecular weight excluding hydrogens is 398 g/mol. The minimum Gasteiger partial charge on any atom is -0.478 e. The average molecular weight is 414 g/mol. The number of nitrogens with zero attached hydrogens (tertiary/aromatic N) is 5. The first-order valence-corrected chi connectivity index (χ1v) is 9.01. The highest BCUT2D eigenvalue weighted by atomic mass is 19.3. The Morgan fingerprint density at radius 3 is 2.80 bits per heavy atom.